The minimum absolute atomic E-state index is 0.0662. The van der Waals surface area contributed by atoms with Crippen molar-refractivity contribution in [3.63, 3.8) is 0 Å². The van der Waals surface area contributed by atoms with Crippen molar-refractivity contribution in [1.82, 2.24) is 14.9 Å². The van der Waals surface area contributed by atoms with Crippen molar-refractivity contribution in [2.75, 3.05) is 36.4 Å². The maximum atomic E-state index is 12.3. The predicted octanol–water partition coefficient (Wildman–Crippen LogP) is 1.21. The van der Waals surface area contributed by atoms with Crippen molar-refractivity contribution in [1.29, 1.82) is 0 Å². The van der Waals surface area contributed by atoms with Crippen molar-refractivity contribution in [2.45, 2.75) is 6.92 Å². The van der Waals surface area contributed by atoms with E-state index in [1.807, 2.05) is 4.90 Å². The van der Waals surface area contributed by atoms with Gasteiger partial charge in [-0.1, -0.05) is 12.1 Å². The molecule has 1 aromatic heterocycles. The molecule has 2 amide bonds. The van der Waals surface area contributed by atoms with E-state index >= 15 is 0 Å². The second-order valence-corrected chi connectivity index (χ2v) is 5.99. The van der Waals surface area contributed by atoms with Gasteiger partial charge in [0.25, 0.3) is 5.91 Å². The fourth-order valence-electron chi connectivity index (χ4n) is 2.65. The van der Waals surface area contributed by atoms with Crippen LogP contribution in [0, 0.1) is 0 Å². The van der Waals surface area contributed by atoms with Gasteiger partial charge in [-0.3, -0.25) is 14.4 Å². The number of nitrogens with one attached hydrogen (secondary N) is 1. The normalized spacial score (nSPS) is 14.0. The van der Waals surface area contributed by atoms with Gasteiger partial charge in [0.15, 0.2) is 5.78 Å². The van der Waals surface area contributed by atoms with E-state index in [9.17, 15) is 14.4 Å². The molecule has 0 aliphatic carbocycles. The lowest BCUT2D eigenvalue weighted by Crippen LogP contribution is -2.46. The monoisotopic (exact) mass is 353 g/mol. The lowest BCUT2D eigenvalue weighted by Gasteiger charge is -2.32. The number of hydrogen-bond donors (Lipinski definition) is 1. The highest BCUT2D eigenvalue weighted by molar-refractivity contribution is 6.04. The van der Waals surface area contributed by atoms with E-state index in [1.165, 1.54) is 19.3 Å². The van der Waals surface area contributed by atoms with Crippen molar-refractivity contribution >= 4 is 29.7 Å². The Hall–Kier alpha value is -3.29. The quantitative estimate of drug-likeness (QED) is 0.641. The summed E-state index contributed by atoms with van der Waals surface area (Å²) < 4.78 is 0. The Morgan fingerprint density at radius 2 is 1.77 bits per heavy atom. The SMILES string of the molecule is CC(=O)c1cccc(NC(=O)c2cnc(N3CCN(C=O)CC3)nc2)c1. The smallest absolute Gasteiger partial charge is 0.258 e. The summed E-state index contributed by atoms with van der Waals surface area (Å²) in [5.74, 6) is 0.122. The largest absolute Gasteiger partial charge is 0.342 e. The number of carbonyl (C=O) groups is 3. The van der Waals surface area contributed by atoms with Crippen molar-refractivity contribution in [2.24, 2.45) is 0 Å². The van der Waals surface area contributed by atoms with Crippen molar-refractivity contribution < 1.29 is 14.4 Å². The maximum Gasteiger partial charge on any atom is 0.258 e. The third-order valence-corrected chi connectivity index (χ3v) is 4.17. The van der Waals surface area contributed by atoms with Crippen molar-refractivity contribution in [3.8, 4) is 0 Å². The standard InChI is InChI=1S/C18H19N5O3/c1-13(25)14-3-2-4-16(9-14)21-17(26)15-10-19-18(20-11-15)23-7-5-22(12-24)6-8-23/h2-4,9-12H,5-8H2,1H3,(H,21,26). The molecule has 8 nitrogen and oxygen atoms in total. The van der Waals surface area contributed by atoms with E-state index in [1.54, 1.807) is 29.2 Å². The number of carbonyl (C=O) groups excluding carboxylic acids is 3. The number of hydrogen-bond acceptors (Lipinski definition) is 6. The molecule has 0 unspecified atom stereocenters. The predicted molar refractivity (Wildman–Crippen MR) is 96.3 cm³/mol. The number of ketones is 1. The van der Waals surface area contributed by atoms with E-state index < -0.39 is 0 Å². The highest BCUT2D eigenvalue weighted by Crippen LogP contribution is 2.14. The van der Waals surface area contributed by atoms with Crippen molar-refractivity contribution in [3.05, 3.63) is 47.8 Å². The molecule has 0 saturated carbocycles. The van der Waals surface area contributed by atoms with Gasteiger partial charge >= 0.3 is 0 Å². The van der Waals surface area contributed by atoms with Crippen LogP contribution in [0.4, 0.5) is 11.6 Å². The molecule has 0 atom stereocenters. The minimum atomic E-state index is -0.344. The summed E-state index contributed by atoms with van der Waals surface area (Å²) in [6.07, 6.45) is 3.78. The van der Waals surface area contributed by atoms with Crippen LogP contribution in [0.25, 0.3) is 0 Å². The Labute approximate surface area is 150 Å². The summed E-state index contributed by atoms with van der Waals surface area (Å²) in [6.45, 7) is 4.04. The molecule has 134 valence electrons. The van der Waals surface area contributed by atoms with Gasteiger partial charge in [0.2, 0.25) is 12.4 Å². The first-order valence-corrected chi connectivity index (χ1v) is 8.25. The Morgan fingerprint density at radius 3 is 2.38 bits per heavy atom. The second-order valence-electron chi connectivity index (χ2n) is 5.99. The van der Waals surface area contributed by atoms with E-state index in [2.05, 4.69) is 15.3 Å². The summed E-state index contributed by atoms with van der Waals surface area (Å²) in [4.78, 5) is 46.7. The topological polar surface area (TPSA) is 95.5 Å². The molecule has 1 fully saturated rings. The first kappa shape index (κ1) is 17.5. The number of benzene rings is 1. The number of amides is 2. The molecule has 0 bridgehead atoms. The van der Waals surface area contributed by atoms with E-state index in [4.69, 9.17) is 0 Å². The average Bonchev–Trinajstić information content (AvgIpc) is 2.68. The van der Waals surface area contributed by atoms with Gasteiger partial charge < -0.3 is 15.1 Å². The third kappa shape index (κ3) is 4.02. The summed E-state index contributed by atoms with van der Waals surface area (Å²) in [7, 11) is 0. The van der Waals surface area contributed by atoms with Gasteiger partial charge in [0.05, 0.1) is 5.56 Å². The van der Waals surface area contributed by atoms with Gasteiger partial charge in [-0.05, 0) is 19.1 Å². The number of anilines is 2. The van der Waals surface area contributed by atoms with Gasteiger partial charge in [-0.2, -0.15) is 0 Å². The molecule has 2 aromatic rings. The number of aromatic nitrogens is 2. The second kappa shape index (κ2) is 7.73. The van der Waals surface area contributed by atoms with Gasteiger partial charge in [0, 0.05) is 49.8 Å². The molecule has 0 radical (unpaired) electrons. The lowest BCUT2D eigenvalue weighted by molar-refractivity contribution is -0.118. The summed E-state index contributed by atoms with van der Waals surface area (Å²) >= 11 is 0. The fourth-order valence-corrected chi connectivity index (χ4v) is 2.65. The van der Waals surface area contributed by atoms with Crippen LogP contribution in [-0.2, 0) is 4.79 Å². The van der Waals surface area contributed by atoms with Crippen LogP contribution in [-0.4, -0.2) is 59.1 Å². The highest BCUT2D eigenvalue weighted by atomic mass is 16.2. The summed E-state index contributed by atoms with van der Waals surface area (Å²) in [6, 6.07) is 6.75. The fraction of sp³-hybridized carbons (Fsp3) is 0.278. The molecule has 2 heterocycles. The van der Waals surface area contributed by atoms with Crippen LogP contribution < -0.4 is 10.2 Å². The molecule has 26 heavy (non-hydrogen) atoms. The summed E-state index contributed by atoms with van der Waals surface area (Å²) in [5, 5.41) is 2.74. The Balaban J connectivity index is 1.65. The lowest BCUT2D eigenvalue weighted by atomic mass is 10.1. The van der Waals surface area contributed by atoms with Crippen LogP contribution in [0.3, 0.4) is 0 Å². The van der Waals surface area contributed by atoms with E-state index in [0.29, 0.717) is 48.9 Å². The number of Topliss-reactive ketones (excluding diaryl/α,β-unsaturated/α-hetero) is 1. The Kier molecular flexibility index (Phi) is 5.21. The molecule has 1 saturated heterocycles. The Morgan fingerprint density at radius 1 is 1.08 bits per heavy atom. The van der Waals surface area contributed by atoms with E-state index in [0.717, 1.165) is 6.41 Å². The van der Waals surface area contributed by atoms with Crippen LogP contribution >= 0.6 is 0 Å². The average molecular weight is 353 g/mol. The highest BCUT2D eigenvalue weighted by Gasteiger charge is 2.18. The maximum absolute atomic E-state index is 12.3. The first-order valence-electron chi connectivity index (χ1n) is 8.25. The minimum Gasteiger partial charge on any atom is -0.342 e. The molecular weight excluding hydrogens is 334 g/mol. The zero-order chi connectivity index (χ0) is 18.5. The Bertz CT molecular complexity index is 814. The van der Waals surface area contributed by atoms with Crippen LogP contribution in [0.5, 0.6) is 0 Å². The number of piperazine rings is 1. The zero-order valence-corrected chi connectivity index (χ0v) is 14.4. The molecule has 1 aromatic carbocycles. The van der Waals surface area contributed by atoms with E-state index in [-0.39, 0.29) is 11.7 Å². The van der Waals surface area contributed by atoms with Gasteiger partial charge in [-0.15, -0.1) is 0 Å². The molecule has 3 rings (SSSR count). The van der Waals surface area contributed by atoms with Gasteiger partial charge in [0.1, 0.15) is 0 Å². The van der Waals surface area contributed by atoms with Crippen LogP contribution in [0.15, 0.2) is 36.7 Å². The third-order valence-electron chi connectivity index (χ3n) is 4.17. The molecule has 0 spiro atoms. The molecule has 1 aliphatic rings. The number of nitrogens with zero attached hydrogens (tertiary/aromatic N) is 4. The summed E-state index contributed by atoms with van der Waals surface area (Å²) in [5.41, 5.74) is 1.40. The first-order chi connectivity index (χ1) is 12.6. The molecule has 1 aliphatic heterocycles. The molecule has 1 N–H and O–H groups in total. The van der Waals surface area contributed by atoms with Crippen LogP contribution in [0.2, 0.25) is 0 Å². The van der Waals surface area contributed by atoms with Gasteiger partial charge in [-0.25, -0.2) is 9.97 Å². The van der Waals surface area contributed by atoms with Crippen LogP contribution in [0.1, 0.15) is 27.6 Å². The molecule has 8 heteroatoms. The molecular formula is C18H19N5O3. The zero-order valence-electron chi connectivity index (χ0n) is 14.4. The number of rotatable bonds is 5.